The van der Waals surface area contributed by atoms with E-state index in [4.69, 9.17) is 0 Å². The van der Waals surface area contributed by atoms with Gasteiger partial charge in [-0.3, -0.25) is 14.5 Å². The number of amides is 2. The Labute approximate surface area is 150 Å². The maximum Gasteiger partial charge on any atom is 0.246 e. The fourth-order valence-corrected chi connectivity index (χ4v) is 4.32. The van der Waals surface area contributed by atoms with Crippen LogP contribution in [-0.4, -0.2) is 42.4 Å². The van der Waals surface area contributed by atoms with Crippen LogP contribution in [0.15, 0.2) is 30.3 Å². The minimum absolute atomic E-state index is 0.0200. The van der Waals surface area contributed by atoms with Crippen LogP contribution in [0, 0.1) is 0 Å². The van der Waals surface area contributed by atoms with E-state index < -0.39 is 11.6 Å². The van der Waals surface area contributed by atoms with Gasteiger partial charge in [0, 0.05) is 7.05 Å². The van der Waals surface area contributed by atoms with Gasteiger partial charge in [-0.25, -0.2) is 0 Å². The molecule has 1 aromatic rings. The van der Waals surface area contributed by atoms with Crippen molar-refractivity contribution in [1.82, 2.24) is 15.5 Å². The lowest BCUT2D eigenvalue weighted by Crippen LogP contribution is -2.60. The molecule has 1 saturated heterocycles. The van der Waals surface area contributed by atoms with Crippen molar-refractivity contribution in [3.05, 3.63) is 35.9 Å². The number of carbonyl (C=O) groups excluding carboxylic acids is 2. The summed E-state index contributed by atoms with van der Waals surface area (Å²) in [7, 11) is 1.61. The third kappa shape index (κ3) is 3.71. The minimum Gasteiger partial charge on any atom is -0.357 e. The molecule has 0 radical (unpaired) electrons. The highest BCUT2D eigenvalue weighted by Gasteiger charge is 2.46. The number of rotatable bonds is 5. The van der Waals surface area contributed by atoms with Crippen molar-refractivity contribution in [2.75, 3.05) is 20.1 Å². The zero-order chi connectivity index (χ0) is 17.7. The molecule has 5 nitrogen and oxygen atoms in total. The molecule has 3 rings (SSSR count). The second-order valence-electron chi connectivity index (χ2n) is 7.22. The Morgan fingerprint density at radius 2 is 1.64 bits per heavy atom. The molecule has 1 aromatic carbocycles. The Morgan fingerprint density at radius 1 is 1.00 bits per heavy atom. The van der Waals surface area contributed by atoms with E-state index in [1.165, 1.54) is 6.42 Å². The summed E-state index contributed by atoms with van der Waals surface area (Å²) in [6, 6.07) is 8.86. The van der Waals surface area contributed by atoms with Crippen molar-refractivity contribution in [3.63, 3.8) is 0 Å². The first-order chi connectivity index (χ1) is 12.2. The van der Waals surface area contributed by atoms with Gasteiger partial charge < -0.3 is 10.6 Å². The van der Waals surface area contributed by atoms with Crippen LogP contribution in [0.3, 0.4) is 0 Å². The molecule has 2 aliphatic rings. The molecule has 1 heterocycles. The van der Waals surface area contributed by atoms with Gasteiger partial charge in [-0.2, -0.15) is 0 Å². The van der Waals surface area contributed by atoms with Crippen molar-refractivity contribution in [1.29, 1.82) is 0 Å². The Kier molecular flexibility index (Phi) is 5.74. The lowest BCUT2D eigenvalue weighted by atomic mass is 9.79. The molecule has 136 valence electrons. The van der Waals surface area contributed by atoms with Gasteiger partial charge in [-0.15, -0.1) is 0 Å². The van der Waals surface area contributed by atoms with Crippen LogP contribution < -0.4 is 10.6 Å². The summed E-state index contributed by atoms with van der Waals surface area (Å²) in [5.41, 5.74) is 0.387. The predicted molar refractivity (Wildman–Crippen MR) is 98.0 cm³/mol. The maximum absolute atomic E-state index is 13.4. The molecule has 0 bridgehead atoms. The summed E-state index contributed by atoms with van der Waals surface area (Å²) >= 11 is 0. The number of likely N-dealkylation sites (tertiary alicyclic amines) is 1. The zero-order valence-electron chi connectivity index (χ0n) is 15.1. The van der Waals surface area contributed by atoms with Gasteiger partial charge >= 0.3 is 0 Å². The highest BCUT2D eigenvalue weighted by atomic mass is 16.2. The van der Waals surface area contributed by atoms with Crippen LogP contribution in [0.4, 0.5) is 0 Å². The highest BCUT2D eigenvalue weighted by molar-refractivity contribution is 5.92. The van der Waals surface area contributed by atoms with E-state index in [-0.39, 0.29) is 11.8 Å². The molecule has 25 heavy (non-hydrogen) atoms. The first kappa shape index (κ1) is 17.9. The summed E-state index contributed by atoms with van der Waals surface area (Å²) in [5, 5.41) is 5.77. The van der Waals surface area contributed by atoms with Crippen LogP contribution in [0.25, 0.3) is 0 Å². The molecule has 2 amide bonds. The zero-order valence-corrected chi connectivity index (χ0v) is 15.1. The average molecular weight is 343 g/mol. The third-order valence-electron chi connectivity index (χ3n) is 5.73. The van der Waals surface area contributed by atoms with E-state index in [2.05, 4.69) is 15.5 Å². The predicted octanol–water partition coefficient (Wildman–Crippen LogP) is 2.39. The van der Waals surface area contributed by atoms with E-state index in [0.717, 1.165) is 57.2 Å². The molecule has 1 atom stereocenters. The van der Waals surface area contributed by atoms with Gasteiger partial charge in [0.1, 0.15) is 11.6 Å². The Morgan fingerprint density at radius 3 is 2.24 bits per heavy atom. The fraction of sp³-hybridized carbons (Fsp3) is 0.600. The number of hydrogen-bond acceptors (Lipinski definition) is 3. The van der Waals surface area contributed by atoms with E-state index >= 15 is 0 Å². The molecule has 0 unspecified atom stereocenters. The molecule has 5 heteroatoms. The maximum atomic E-state index is 13.4. The molecule has 0 spiro atoms. The van der Waals surface area contributed by atoms with Gasteiger partial charge in [0.2, 0.25) is 11.8 Å². The van der Waals surface area contributed by atoms with Crippen molar-refractivity contribution in [3.8, 4) is 0 Å². The third-order valence-corrected chi connectivity index (χ3v) is 5.73. The number of benzene rings is 1. The lowest BCUT2D eigenvalue weighted by molar-refractivity contribution is -0.139. The van der Waals surface area contributed by atoms with Gasteiger partial charge in [0.05, 0.1) is 0 Å². The fourth-order valence-electron chi connectivity index (χ4n) is 4.32. The van der Waals surface area contributed by atoms with Crippen LogP contribution >= 0.6 is 0 Å². The summed E-state index contributed by atoms with van der Waals surface area (Å²) in [4.78, 5) is 28.2. The second-order valence-corrected chi connectivity index (χ2v) is 7.22. The summed E-state index contributed by atoms with van der Waals surface area (Å²) < 4.78 is 0. The monoisotopic (exact) mass is 343 g/mol. The van der Waals surface area contributed by atoms with E-state index in [9.17, 15) is 9.59 Å². The topological polar surface area (TPSA) is 61.4 Å². The average Bonchev–Trinajstić information content (AvgIpc) is 3.22. The van der Waals surface area contributed by atoms with Crippen LogP contribution in [-0.2, 0) is 9.59 Å². The minimum atomic E-state index is -0.639. The highest BCUT2D eigenvalue weighted by Crippen LogP contribution is 2.36. The van der Waals surface area contributed by atoms with Gasteiger partial charge in [0.15, 0.2) is 0 Å². The van der Waals surface area contributed by atoms with Gasteiger partial charge in [-0.05, 0) is 44.3 Å². The normalized spacial score (nSPS) is 21.5. The first-order valence-corrected chi connectivity index (χ1v) is 9.50. The Bertz CT molecular complexity index is 590. The van der Waals surface area contributed by atoms with Gasteiger partial charge in [-0.1, -0.05) is 49.6 Å². The molecular formula is C20H29N3O2. The van der Waals surface area contributed by atoms with Crippen molar-refractivity contribution >= 4 is 11.8 Å². The molecule has 2 fully saturated rings. The lowest BCUT2D eigenvalue weighted by Gasteiger charge is -2.43. The van der Waals surface area contributed by atoms with Crippen molar-refractivity contribution in [2.45, 2.75) is 56.5 Å². The number of carbonyl (C=O) groups is 2. The Balaban J connectivity index is 1.84. The number of nitrogens with one attached hydrogen (secondary N) is 2. The van der Waals surface area contributed by atoms with Gasteiger partial charge in [0.25, 0.3) is 0 Å². The van der Waals surface area contributed by atoms with Crippen LogP contribution in [0.2, 0.25) is 0 Å². The first-order valence-electron chi connectivity index (χ1n) is 9.50. The summed E-state index contributed by atoms with van der Waals surface area (Å²) in [6.07, 6.45) is 7.47. The van der Waals surface area contributed by atoms with E-state index in [0.29, 0.717) is 0 Å². The second kappa shape index (κ2) is 8.00. The molecule has 1 saturated carbocycles. The van der Waals surface area contributed by atoms with E-state index in [1.807, 2.05) is 30.3 Å². The quantitative estimate of drug-likeness (QED) is 0.863. The molecule has 2 N–H and O–H groups in total. The molecule has 0 aromatic heterocycles. The summed E-state index contributed by atoms with van der Waals surface area (Å²) in [6.45, 7) is 1.98. The summed E-state index contributed by atoms with van der Waals surface area (Å²) in [5.74, 6) is -0.154. The number of likely N-dealkylation sites (N-methyl/N-ethyl adjacent to an activating group) is 1. The van der Waals surface area contributed by atoms with Crippen molar-refractivity contribution < 1.29 is 9.59 Å². The standard InChI is InChI=1S/C20H29N3O2/c1-21-18(24)17(16-10-4-2-5-11-16)22-19(25)20(12-6-3-7-13-20)23-14-8-9-15-23/h2,4-5,10-11,17H,3,6-9,12-15H2,1H3,(H,21,24)(H,22,25)/t17-/m0/s1. The number of nitrogens with zero attached hydrogens (tertiary/aromatic N) is 1. The largest absolute Gasteiger partial charge is 0.357 e. The van der Waals surface area contributed by atoms with Crippen LogP contribution in [0.1, 0.15) is 56.6 Å². The smallest absolute Gasteiger partial charge is 0.246 e. The molecular weight excluding hydrogens is 314 g/mol. The molecule has 1 aliphatic carbocycles. The Hall–Kier alpha value is -1.88. The van der Waals surface area contributed by atoms with E-state index in [1.54, 1.807) is 7.05 Å². The molecule has 1 aliphatic heterocycles. The number of hydrogen-bond donors (Lipinski definition) is 2. The SMILES string of the molecule is CNC(=O)[C@@H](NC(=O)C1(N2CCCC2)CCCCC1)c1ccccc1. The van der Waals surface area contributed by atoms with Crippen molar-refractivity contribution in [2.24, 2.45) is 0 Å². The van der Waals surface area contributed by atoms with Crippen LogP contribution in [0.5, 0.6) is 0 Å².